The first kappa shape index (κ1) is 27.3. The summed E-state index contributed by atoms with van der Waals surface area (Å²) in [6.07, 6.45) is -0.0521. The van der Waals surface area contributed by atoms with Crippen LogP contribution < -0.4 is 21.3 Å². The van der Waals surface area contributed by atoms with Crippen LogP contribution in [0.3, 0.4) is 0 Å². The molecule has 0 saturated carbocycles. The fraction of sp³-hybridized carbons (Fsp3) is 0.179. The molecule has 0 aliphatic carbocycles. The van der Waals surface area contributed by atoms with E-state index in [2.05, 4.69) is 21.3 Å². The van der Waals surface area contributed by atoms with Crippen molar-refractivity contribution in [2.75, 3.05) is 10.6 Å². The Hall–Kier alpha value is -4.70. The average molecular weight is 549 g/mol. The van der Waals surface area contributed by atoms with E-state index >= 15 is 0 Å². The molecule has 2 atom stereocenters. The number of carboxylic acid groups (broad SMARTS) is 1. The number of hydrogen-bond donors (Lipinski definition) is 5. The molecule has 1 aliphatic heterocycles. The number of halogens is 1. The van der Waals surface area contributed by atoms with E-state index in [1.807, 2.05) is 0 Å². The number of carboxylic acids is 1. The highest BCUT2D eigenvalue weighted by atomic mass is 35.5. The number of rotatable bonds is 8. The first-order chi connectivity index (χ1) is 18.6. The number of nitrogens with one attached hydrogen (secondary N) is 4. The quantitative estimate of drug-likeness (QED) is 0.214. The minimum atomic E-state index is -1.85. The summed E-state index contributed by atoms with van der Waals surface area (Å²) in [6.45, 7) is 1.30. The predicted molar refractivity (Wildman–Crippen MR) is 144 cm³/mol. The molecule has 3 aromatic carbocycles. The van der Waals surface area contributed by atoms with E-state index in [1.165, 1.54) is 25.1 Å². The Kier molecular flexibility index (Phi) is 7.96. The third kappa shape index (κ3) is 6.24. The Morgan fingerprint density at radius 3 is 2.33 bits per heavy atom. The summed E-state index contributed by atoms with van der Waals surface area (Å²) in [5.74, 6) is -4.77. The molecule has 0 spiro atoms. The Balaban J connectivity index is 1.55. The summed E-state index contributed by atoms with van der Waals surface area (Å²) in [7, 11) is 0. The lowest BCUT2D eigenvalue weighted by atomic mass is 10.0. The molecule has 0 aromatic heterocycles. The van der Waals surface area contributed by atoms with Gasteiger partial charge in [0.15, 0.2) is 5.78 Å². The van der Waals surface area contributed by atoms with Gasteiger partial charge in [0.05, 0.1) is 5.69 Å². The van der Waals surface area contributed by atoms with Gasteiger partial charge in [0.25, 0.3) is 0 Å². The lowest BCUT2D eigenvalue weighted by molar-refractivity contribution is -0.146. The minimum Gasteiger partial charge on any atom is -0.478 e. The average Bonchev–Trinajstić information content (AvgIpc) is 3.28. The molecule has 5 N–H and O–H groups in total. The molecule has 2 unspecified atom stereocenters. The van der Waals surface area contributed by atoms with Crippen LogP contribution >= 0.6 is 11.6 Å². The van der Waals surface area contributed by atoms with Gasteiger partial charge in [0, 0.05) is 29.1 Å². The summed E-state index contributed by atoms with van der Waals surface area (Å²) >= 11 is 5.98. The zero-order chi connectivity index (χ0) is 28.2. The highest BCUT2D eigenvalue weighted by Crippen LogP contribution is 2.31. The largest absolute Gasteiger partial charge is 0.478 e. The molecule has 0 fully saturated rings. The third-order valence-corrected chi connectivity index (χ3v) is 6.48. The number of Topliss-reactive ketones (excluding diaryl/α,β-unsaturated/α-hetero) is 1. The van der Waals surface area contributed by atoms with Crippen molar-refractivity contribution < 1.29 is 29.1 Å². The van der Waals surface area contributed by atoms with Gasteiger partial charge >= 0.3 is 17.8 Å². The Bertz CT molecular complexity index is 1430. The number of hydrogen-bond acceptors (Lipinski definition) is 6. The number of ketones is 1. The van der Waals surface area contributed by atoms with Crippen molar-refractivity contribution >= 4 is 52.4 Å². The van der Waals surface area contributed by atoms with E-state index in [1.54, 1.807) is 54.6 Å². The van der Waals surface area contributed by atoms with E-state index in [-0.39, 0.29) is 34.9 Å². The summed E-state index contributed by atoms with van der Waals surface area (Å²) in [5, 5.41) is 20.4. The molecule has 3 aromatic rings. The molecule has 39 heavy (non-hydrogen) atoms. The van der Waals surface area contributed by atoms with E-state index < -0.39 is 35.4 Å². The fourth-order valence-corrected chi connectivity index (χ4v) is 4.47. The van der Waals surface area contributed by atoms with Gasteiger partial charge in [-0.1, -0.05) is 60.1 Å². The predicted octanol–water partition coefficient (Wildman–Crippen LogP) is 2.77. The van der Waals surface area contributed by atoms with Crippen LogP contribution in [-0.4, -0.2) is 46.3 Å². The fourth-order valence-electron chi connectivity index (χ4n) is 4.30. The van der Waals surface area contributed by atoms with Gasteiger partial charge in [0.2, 0.25) is 11.6 Å². The zero-order valence-electron chi connectivity index (χ0n) is 20.8. The summed E-state index contributed by atoms with van der Waals surface area (Å²) in [6, 6.07) is 18.6. The zero-order valence-corrected chi connectivity index (χ0v) is 21.5. The van der Waals surface area contributed by atoms with Gasteiger partial charge in [-0.15, -0.1) is 0 Å². The molecule has 4 rings (SSSR count). The third-order valence-electron chi connectivity index (χ3n) is 6.24. The van der Waals surface area contributed by atoms with Crippen LogP contribution in [0.1, 0.15) is 28.4 Å². The minimum absolute atomic E-state index is 0.0236. The standard InChI is InChI=1S/C28H25ClN4O6/c1-16(34)20-12-11-19(29)14-22(20)30-25(36)26(37)31-23(13-17-7-3-2-4-8-17)24(35)33-28(27(38)39)15-18-9-5-6-10-21(18)32-28/h2-12,14,23,32H,13,15H2,1H3,(H,30,36)(H,31,37)(H,33,35)(H,38,39). The number of aliphatic carboxylic acids is 1. The lowest BCUT2D eigenvalue weighted by Crippen LogP contribution is -2.63. The number of carbonyl (C=O) groups excluding carboxylic acids is 4. The van der Waals surface area contributed by atoms with Crippen molar-refractivity contribution in [2.24, 2.45) is 0 Å². The molecular weight excluding hydrogens is 524 g/mol. The number of benzene rings is 3. The van der Waals surface area contributed by atoms with Gasteiger partial charge in [-0.3, -0.25) is 19.2 Å². The molecule has 0 saturated heterocycles. The summed E-state index contributed by atoms with van der Waals surface area (Å²) in [5.41, 5.74) is 0.266. The number of fused-ring (bicyclic) bond motifs is 1. The normalized spacial score (nSPS) is 16.3. The molecule has 1 aliphatic rings. The topological polar surface area (TPSA) is 154 Å². The van der Waals surface area contributed by atoms with Crippen molar-refractivity contribution in [3.8, 4) is 0 Å². The highest BCUT2D eigenvalue weighted by Gasteiger charge is 2.46. The lowest BCUT2D eigenvalue weighted by Gasteiger charge is -2.29. The van der Waals surface area contributed by atoms with Crippen LogP contribution in [0.25, 0.3) is 0 Å². The number of amides is 3. The van der Waals surface area contributed by atoms with Crippen molar-refractivity contribution in [1.29, 1.82) is 0 Å². The molecule has 3 amide bonds. The van der Waals surface area contributed by atoms with Crippen molar-refractivity contribution in [3.63, 3.8) is 0 Å². The molecular formula is C28H25ClN4O6. The summed E-state index contributed by atoms with van der Waals surface area (Å²) < 4.78 is 0. The van der Waals surface area contributed by atoms with E-state index in [4.69, 9.17) is 11.6 Å². The second kappa shape index (κ2) is 11.4. The van der Waals surface area contributed by atoms with Crippen molar-refractivity contribution in [1.82, 2.24) is 10.6 Å². The van der Waals surface area contributed by atoms with Gasteiger partial charge in [-0.05, 0) is 42.3 Å². The van der Waals surface area contributed by atoms with Gasteiger partial charge in [-0.25, -0.2) is 4.79 Å². The Labute approximate surface area is 228 Å². The van der Waals surface area contributed by atoms with E-state index in [0.29, 0.717) is 16.8 Å². The number of anilines is 2. The maximum Gasteiger partial charge on any atom is 0.350 e. The second-order valence-corrected chi connectivity index (χ2v) is 9.51. The first-order valence-corrected chi connectivity index (χ1v) is 12.3. The van der Waals surface area contributed by atoms with Crippen LogP contribution in [0, 0.1) is 0 Å². The van der Waals surface area contributed by atoms with Crippen molar-refractivity contribution in [3.05, 3.63) is 94.5 Å². The molecule has 0 bridgehead atoms. The van der Waals surface area contributed by atoms with E-state index in [9.17, 15) is 29.1 Å². The first-order valence-electron chi connectivity index (χ1n) is 12.0. The second-order valence-electron chi connectivity index (χ2n) is 9.07. The van der Waals surface area contributed by atoms with Crippen molar-refractivity contribution in [2.45, 2.75) is 31.5 Å². The Morgan fingerprint density at radius 2 is 1.67 bits per heavy atom. The maximum absolute atomic E-state index is 13.4. The van der Waals surface area contributed by atoms with Gasteiger partial charge in [-0.2, -0.15) is 0 Å². The van der Waals surface area contributed by atoms with Gasteiger partial charge in [0.1, 0.15) is 6.04 Å². The Morgan fingerprint density at radius 1 is 0.974 bits per heavy atom. The molecule has 10 nitrogen and oxygen atoms in total. The highest BCUT2D eigenvalue weighted by molar-refractivity contribution is 6.40. The van der Waals surface area contributed by atoms with Gasteiger partial charge < -0.3 is 26.4 Å². The molecule has 11 heteroatoms. The monoisotopic (exact) mass is 548 g/mol. The van der Waals surface area contributed by atoms with Crippen LogP contribution in [0.5, 0.6) is 0 Å². The number of para-hydroxylation sites is 1. The van der Waals surface area contributed by atoms with Crippen LogP contribution in [0.2, 0.25) is 5.02 Å². The maximum atomic E-state index is 13.4. The van der Waals surface area contributed by atoms with E-state index in [0.717, 1.165) is 0 Å². The van der Waals surface area contributed by atoms with Crippen LogP contribution in [0.4, 0.5) is 11.4 Å². The number of carbonyl (C=O) groups is 5. The molecule has 200 valence electrons. The SMILES string of the molecule is CC(=O)c1ccc(Cl)cc1NC(=O)C(=O)NC(Cc1ccccc1)C(=O)NC1(C(=O)O)Cc2ccccc2N1. The smallest absolute Gasteiger partial charge is 0.350 e. The molecule has 0 radical (unpaired) electrons. The summed E-state index contributed by atoms with van der Waals surface area (Å²) in [4.78, 5) is 63.3. The van der Waals surface area contributed by atoms with Crippen LogP contribution in [-0.2, 0) is 32.0 Å². The molecule has 1 heterocycles. The van der Waals surface area contributed by atoms with Crippen LogP contribution in [0.15, 0.2) is 72.8 Å².